The lowest BCUT2D eigenvalue weighted by atomic mass is 10.2. The molecular formula is C14H18N4O4S. The zero-order chi connectivity index (χ0) is 16.7. The quantitative estimate of drug-likeness (QED) is 0.717. The third kappa shape index (κ3) is 6.17. The highest BCUT2D eigenvalue weighted by atomic mass is 32.2. The van der Waals surface area contributed by atoms with E-state index in [4.69, 9.17) is 4.52 Å². The first-order valence-corrected chi connectivity index (χ1v) is 8.92. The van der Waals surface area contributed by atoms with Crippen LogP contribution in [0, 0.1) is 0 Å². The maximum atomic E-state index is 11.5. The molecule has 0 bridgehead atoms. The molecule has 0 radical (unpaired) electrons. The molecule has 2 rings (SSSR count). The van der Waals surface area contributed by atoms with Crippen molar-refractivity contribution in [3.8, 4) is 11.5 Å². The summed E-state index contributed by atoms with van der Waals surface area (Å²) in [5.74, 6) is 0.690. The Labute approximate surface area is 134 Å². The second-order valence-electron chi connectivity index (χ2n) is 4.90. The van der Waals surface area contributed by atoms with Crippen molar-refractivity contribution in [2.45, 2.75) is 12.8 Å². The van der Waals surface area contributed by atoms with Gasteiger partial charge in [0.15, 0.2) is 5.82 Å². The predicted octanol–water partition coefficient (Wildman–Crippen LogP) is 0.335. The SMILES string of the molecule is CS(=O)(=O)NCCC(=O)NCCc1noc(-c2ccccc2)n1. The summed E-state index contributed by atoms with van der Waals surface area (Å²) < 4.78 is 29.1. The molecule has 0 saturated heterocycles. The second-order valence-corrected chi connectivity index (χ2v) is 6.73. The number of amides is 1. The monoisotopic (exact) mass is 338 g/mol. The minimum Gasteiger partial charge on any atom is -0.356 e. The maximum Gasteiger partial charge on any atom is 0.257 e. The van der Waals surface area contributed by atoms with E-state index in [1.807, 2.05) is 30.3 Å². The molecule has 2 aromatic rings. The van der Waals surface area contributed by atoms with E-state index in [1.165, 1.54) is 0 Å². The summed E-state index contributed by atoms with van der Waals surface area (Å²) >= 11 is 0. The lowest BCUT2D eigenvalue weighted by Crippen LogP contribution is -2.31. The molecule has 1 aromatic carbocycles. The highest BCUT2D eigenvalue weighted by molar-refractivity contribution is 7.88. The third-order valence-corrected chi connectivity index (χ3v) is 3.60. The van der Waals surface area contributed by atoms with Gasteiger partial charge in [0, 0.05) is 31.5 Å². The van der Waals surface area contributed by atoms with Crippen molar-refractivity contribution < 1.29 is 17.7 Å². The minimum atomic E-state index is -3.27. The van der Waals surface area contributed by atoms with E-state index in [0.29, 0.717) is 24.7 Å². The summed E-state index contributed by atoms with van der Waals surface area (Å²) in [5, 5.41) is 6.53. The van der Waals surface area contributed by atoms with E-state index < -0.39 is 10.0 Å². The van der Waals surface area contributed by atoms with Crippen LogP contribution < -0.4 is 10.0 Å². The smallest absolute Gasteiger partial charge is 0.257 e. The van der Waals surface area contributed by atoms with Gasteiger partial charge >= 0.3 is 0 Å². The largest absolute Gasteiger partial charge is 0.356 e. The summed E-state index contributed by atoms with van der Waals surface area (Å²) in [4.78, 5) is 15.8. The molecule has 8 nitrogen and oxygen atoms in total. The zero-order valence-corrected chi connectivity index (χ0v) is 13.5. The van der Waals surface area contributed by atoms with Crippen LogP contribution in [0.3, 0.4) is 0 Å². The lowest BCUT2D eigenvalue weighted by molar-refractivity contribution is -0.120. The van der Waals surface area contributed by atoms with E-state index in [1.54, 1.807) is 0 Å². The average Bonchev–Trinajstić information content (AvgIpc) is 2.96. The highest BCUT2D eigenvalue weighted by Crippen LogP contribution is 2.15. The van der Waals surface area contributed by atoms with Crippen LogP contribution in [0.15, 0.2) is 34.9 Å². The zero-order valence-electron chi connectivity index (χ0n) is 12.7. The molecule has 0 unspecified atom stereocenters. The standard InChI is InChI=1S/C14H18N4O4S/c1-23(20,21)16-10-8-13(19)15-9-7-12-17-14(22-18-12)11-5-3-2-4-6-11/h2-6,16H,7-10H2,1H3,(H,15,19). The van der Waals surface area contributed by atoms with E-state index in [0.717, 1.165) is 11.8 Å². The van der Waals surface area contributed by atoms with Crippen molar-refractivity contribution in [3.63, 3.8) is 0 Å². The molecule has 0 aliphatic carbocycles. The number of hydrogen-bond donors (Lipinski definition) is 2. The number of aromatic nitrogens is 2. The fourth-order valence-corrected chi connectivity index (χ4v) is 2.28. The van der Waals surface area contributed by atoms with Gasteiger partial charge in [0.2, 0.25) is 15.9 Å². The molecule has 23 heavy (non-hydrogen) atoms. The van der Waals surface area contributed by atoms with Crippen molar-refractivity contribution in [1.82, 2.24) is 20.2 Å². The first-order valence-electron chi connectivity index (χ1n) is 7.03. The Morgan fingerprint density at radius 2 is 1.96 bits per heavy atom. The summed E-state index contributed by atoms with van der Waals surface area (Å²) in [6, 6.07) is 9.39. The fourth-order valence-electron chi connectivity index (χ4n) is 1.81. The molecule has 0 fully saturated rings. The molecule has 0 atom stereocenters. The molecule has 124 valence electrons. The van der Waals surface area contributed by atoms with E-state index in [9.17, 15) is 13.2 Å². The van der Waals surface area contributed by atoms with Gasteiger partial charge in [0.05, 0.1) is 6.26 Å². The fraction of sp³-hybridized carbons (Fsp3) is 0.357. The Balaban J connectivity index is 1.72. The van der Waals surface area contributed by atoms with Gasteiger partial charge in [0.25, 0.3) is 5.89 Å². The van der Waals surface area contributed by atoms with Gasteiger partial charge in [-0.05, 0) is 12.1 Å². The van der Waals surface area contributed by atoms with Crippen LogP contribution in [0.25, 0.3) is 11.5 Å². The van der Waals surface area contributed by atoms with E-state index >= 15 is 0 Å². The molecule has 0 saturated carbocycles. The van der Waals surface area contributed by atoms with Gasteiger partial charge in [-0.3, -0.25) is 4.79 Å². The normalized spacial score (nSPS) is 11.3. The summed E-state index contributed by atoms with van der Waals surface area (Å²) in [7, 11) is -3.27. The molecule has 1 amide bonds. The van der Waals surface area contributed by atoms with Crippen molar-refractivity contribution in [1.29, 1.82) is 0 Å². The Bertz CT molecular complexity index is 743. The third-order valence-electron chi connectivity index (χ3n) is 2.88. The van der Waals surface area contributed by atoms with Gasteiger partial charge < -0.3 is 9.84 Å². The molecule has 0 aliphatic heterocycles. The van der Waals surface area contributed by atoms with Crippen LogP contribution in [-0.4, -0.2) is 43.8 Å². The van der Waals surface area contributed by atoms with Gasteiger partial charge in [-0.1, -0.05) is 23.4 Å². The topological polar surface area (TPSA) is 114 Å². The summed E-state index contributed by atoms with van der Waals surface area (Å²) in [5.41, 5.74) is 0.835. The van der Waals surface area contributed by atoms with Crippen molar-refractivity contribution in [3.05, 3.63) is 36.2 Å². The van der Waals surface area contributed by atoms with Crippen LogP contribution in [0.2, 0.25) is 0 Å². The summed E-state index contributed by atoms with van der Waals surface area (Å²) in [6.45, 7) is 0.427. The predicted molar refractivity (Wildman–Crippen MR) is 83.9 cm³/mol. The van der Waals surface area contributed by atoms with Gasteiger partial charge in [-0.2, -0.15) is 4.98 Å². The molecule has 0 spiro atoms. The Hall–Kier alpha value is -2.26. The summed E-state index contributed by atoms with van der Waals surface area (Å²) in [6.07, 6.45) is 1.56. The number of nitrogens with zero attached hydrogens (tertiary/aromatic N) is 2. The highest BCUT2D eigenvalue weighted by Gasteiger charge is 2.09. The molecular weight excluding hydrogens is 320 g/mol. The van der Waals surface area contributed by atoms with Crippen LogP contribution in [-0.2, 0) is 21.2 Å². The van der Waals surface area contributed by atoms with Crippen LogP contribution in [0.4, 0.5) is 0 Å². The first kappa shape index (κ1) is 17.1. The van der Waals surface area contributed by atoms with Crippen LogP contribution in [0.5, 0.6) is 0 Å². The van der Waals surface area contributed by atoms with Gasteiger partial charge in [-0.25, -0.2) is 13.1 Å². The van der Waals surface area contributed by atoms with Gasteiger partial charge in [0.1, 0.15) is 0 Å². The number of carbonyl (C=O) groups excluding carboxylic acids is 1. The molecule has 2 N–H and O–H groups in total. The van der Waals surface area contributed by atoms with E-state index in [-0.39, 0.29) is 18.9 Å². The number of carbonyl (C=O) groups is 1. The Morgan fingerprint density at radius 1 is 1.22 bits per heavy atom. The molecule has 1 heterocycles. The first-order chi connectivity index (χ1) is 10.9. The lowest BCUT2D eigenvalue weighted by Gasteiger charge is -2.03. The molecule has 9 heteroatoms. The number of sulfonamides is 1. The van der Waals surface area contributed by atoms with Gasteiger partial charge in [-0.15, -0.1) is 0 Å². The molecule has 1 aromatic heterocycles. The van der Waals surface area contributed by atoms with Crippen molar-refractivity contribution in [2.24, 2.45) is 0 Å². The maximum absolute atomic E-state index is 11.5. The van der Waals surface area contributed by atoms with E-state index in [2.05, 4.69) is 20.2 Å². The minimum absolute atomic E-state index is 0.0744. The van der Waals surface area contributed by atoms with Crippen LogP contribution in [0.1, 0.15) is 12.2 Å². The van der Waals surface area contributed by atoms with Crippen molar-refractivity contribution in [2.75, 3.05) is 19.3 Å². The second kappa shape index (κ2) is 7.84. The number of nitrogens with one attached hydrogen (secondary N) is 2. The number of benzene rings is 1. The Kier molecular flexibility index (Phi) is 5.83. The molecule has 0 aliphatic rings. The van der Waals surface area contributed by atoms with Crippen LogP contribution >= 0.6 is 0 Å². The number of rotatable bonds is 8. The van der Waals surface area contributed by atoms with Crippen molar-refractivity contribution >= 4 is 15.9 Å². The Morgan fingerprint density at radius 3 is 2.65 bits per heavy atom. The average molecular weight is 338 g/mol. The number of hydrogen-bond acceptors (Lipinski definition) is 6.